The van der Waals surface area contributed by atoms with Gasteiger partial charge in [0.2, 0.25) is 5.90 Å². The maximum Gasteiger partial charge on any atom is 0.256 e. The quantitative estimate of drug-likeness (QED) is 0.923. The Hall–Kier alpha value is -2.82. The molecular formula is C19H18N2O3. The Kier molecular flexibility index (Phi) is 3.69. The minimum Gasteiger partial charge on any atom is -0.508 e. The molecule has 5 nitrogen and oxygen atoms in total. The smallest absolute Gasteiger partial charge is 0.256 e. The lowest BCUT2D eigenvalue weighted by Crippen LogP contribution is -2.40. The lowest BCUT2D eigenvalue weighted by molar-refractivity contribution is 0.0759. The zero-order valence-electron chi connectivity index (χ0n) is 13.2. The number of aromatic hydroxyl groups is 1. The van der Waals surface area contributed by atoms with Gasteiger partial charge in [-0.3, -0.25) is 4.79 Å². The number of phenolic OH excluding ortho intramolecular Hbond substituents is 1. The fraction of sp³-hybridized carbons (Fsp3) is 0.263. The number of hydrogen-bond acceptors (Lipinski definition) is 4. The lowest BCUT2D eigenvalue weighted by Gasteiger charge is -2.23. The van der Waals surface area contributed by atoms with E-state index in [1.165, 1.54) is 0 Å². The van der Waals surface area contributed by atoms with Crippen LogP contribution in [0.1, 0.15) is 28.8 Å². The molecule has 122 valence electrons. The maximum absolute atomic E-state index is 12.7. The number of nitrogens with zero attached hydrogens (tertiary/aromatic N) is 2. The minimum absolute atomic E-state index is 0.0279. The normalized spacial score (nSPS) is 19.3. The summed E-state index contributed by atoms with van der Waals surface area (Å²) >= 11 is 0. The number of para-hydroxylation sites is 1. The van der Waals surface area contributed by atoms with Crippen LogP contribution in [0.25, 0.3) is 0 Å². The van der Waals surface area contributed by atoms with Crippen LogP contribution < -0.4 is 0 Å². The lowest BCUT2D eigenvalue weighted by atomic mass is 10.1. The van der Waals surface area contributed by atoms with Gasteiger partial charge in [0.15, 0.2) is 0 Å². The summed E-state index contributed by atoms with van der Waals surface area (Å²) in [4.78, 5) is 19.3. The summed E-state index contributed by atoms with van der Waals surface area (Å²) in [6.45, 7) is 1.10. The van der Waals surface area contributed by atoms with Gasteiger partial charge in [-0.15, -0.1) is 0 Å². The fourth-order valence-corrected chi connectivity index (χ4v) is 3.24. The van der Waals surface area contributed by atoms with Crippen LogP contribution >= 0.6 is 0 Å². The molecule has 2 heterocycles. The Bertz CT molecular complexity index is 799. The van der Waals surface area contributed by atoms with E-state index < -0.39 is 0 Å². The number of amides is 1. The molecule has 2 aliphatic rings. The molecule has 0 saturated carbocycles. The van der Waals surface area contributed by atoms with E-state index in [9.17, 15) is 9.90 Å². The number of benzene rings is 2. The molecule has 0 radical (unpaired) electrons. The van der Waals surface area contributed by atoms with E-state index in [0.29, 0.717) is 23.8 Å². The molecule has 24 heavy (non-hydrogen) atoms. The average molecular weight is 322 g/mol. The Morgan fingerprint density at radius 1 is 1.17 bits per heavy atom. The molecule has 1 atom stereocenters. The maximum atomic E-state index is 12.7. The van der Waals surface area contributed by atoms with E-state index in [0.717, 1.165) is 24.9 Å². The molecule has 2 aliphatic heterocycles. The van der Waals surface area contributed by atoms with E-state index >= 15 is 0 Å². The van der Waals surface area contributed by atoms with Crippen molar-refractivity contribution in [3.8, 4) is 5.75 Å². The van der Waals surface area contributed by atoms with Gasteiger partial charge >= 0.3 is 0 Å². The molecule has 0 spiro atoms. The highest BCUT2D eigenvalue weighted by Gasteiger charge is 2.37. The van der Waals surface area contributed by atoms with Crippen LogP contribution in [0, 0.1) is 0 Å². The largest absolute Gasteiger partial charge is 0.508 e. The third kappa shape index (κ3) is 2.62. The number of rotatable bonds is 2. The van der Waals surface area contributed by atoms with Gasteiger partial charge in [-0.25, -0.2) is 4.99 Å². The molecule has 0 aromatic heterocycles. The van der Waals surface area contributed by atoms with Gasteiger partial charge in [0, 0.05) is 6.54 Å². The van der Waals surface area contributed by atoms with Crippen molar-refractivity contribution in [2.24, 2.45) is 4.99 Å². The van der Waals surface area contributed by atoms with Crippen molar-refractivity contribution in [3.63, 3.8) is 0 Å². The average Bonchev–Trinajstić information content (AvgIpc) is 3.05. The summed E-state index contributed by atoms with van der Waals surface area (Å²) in [5.74, 6) is 0.853. The molecule has 1 amide bonds. The summed E-state index contributed by atoms with van der Waals surface area (Å²) < 4.78 is 5.98. The zero-order valence-corrected chi connectivity index (χ0v) is 13.2. The first-order chi connectivity index (χ1) is 11.7. The van der Waals surface area contributed by atoms with Crippen molar-refractivity contribution in [1.82, 2.24) is 4.90 Å². The molecule has 0 bridgehead atoms. The Morgan fingerprint density at radius 2 is 1.96 bits per heavy atom. The van der Waals surface area contributed by atoms with Gasteiger partial charge in [0.25, 0.3) is 5.91 Å². The van der Waals surface area contributed by atoms with Gasteiger partial charge in [0.05, 0.1) is 11.3 Å². The van der Waals surface area contributed by atoms with E-state index in [2.05, 4.69) is 4.99 Å². The molecule has 5 heteroatoms. The first-order valence-corrected chi connectivity index (χ1v) is 8.11. The molecule has 0 unspecified atom stereocenters. The number of phenols is 1. The van der Waals surface area contributed by atoms with E-state index in [-0.39, 0.29) is 17.7 Å². The highest BCUT2D eigenvalue weighted by atomic mass is 16.5. The second-order valence-electron chi connectivity index (χ2n) is 6.08. The minimum atomic E-state index is -0.0954. The summed E-state index contributed by atoms with van der Waals surface area (Å²) in [7, 11) is 0. The molecule has 1 fully saturated rings. The monoisotopic (exact) mass is 322 g/mol. The van der Waals surface area contributed by atoms with Gasteiger partial charge in [-0.2, -0.15) is 0 Å². The van der Waals surface area contributed by atoms with Crippen LogP contribution in [0.3, 0.4) is 0 Å². The second kappa shape index (κ2) is 6.00. The molecule has 2 aromatic carbocycles. The van der Waals surface area contributed by atoms with Crippen LogP contribution in [-0.2, 0) is 11.3 Å². The zero-order chi connectivity index (χ0) is 16.5. The fourth-order valence-electron chi connectivity index (χ4n) is 3.24. The highest BCUT2D eigenvalue weighted by molar-refractivity contribution is 6.04. The number of aliphatic imine (C=N–C) groups is 1. The van der Waals surface area contributed by atoms with E-state index in [1.54, 1.807) is 12.1 Å². The van der Waals surface area contributed by atoms with Crippen molar-refractivity contribution in [2.75, 3.05) is 6.54 Å². The highest BCUT2D eigenvalue weighted by Crippen LogP contribution is 2.31. The van der Waals surface area contributed by atoms with Crippen LogP contribution in [0.4, 0.5) is 5.69 Å². The van der Waals surface area contributed by atoms with Crippen LogP contribution in [0.5, 0.6) is 5.75 Å². The third-order valence-corrected chi connectivity index (χ3v) is 4.49. The number of ether oxygens (including phenoxy) is 1. The molecule has 1 saturated heterocycles. The SMILES string of the molecule is O=C1c2ccccc2N=C(OCc2ccc(O)cc2)[C@@H]2CCCN12. The number of hydrogen-bond donors (Lipinski definition) is 1. The van der Waals surface area contributed by atoms with Crippen molar-refractivity contribution in [3.05, 3.63) is 59.7 Å². The van der Waals surface area contributed by atoms with Crippen molar-refractivity contribution >= 4 is 17.5 Å². The summed E-state index contributed by atoms with van der Waals surface area (Å²) in [6, 6.07) is 14.2. The van der Waals surface area contributed by atoms with Crippen LogP contribution in [0.2, 0.25) is 0 Å². The first-order valence-electron chi connectivity index (χ1n) is 8.11. The predicted octanol–water partition coefficient (Wildman–Crippen LogP) is 3.26. The summed E-state index contributed by atoms with van der Waals surface area (Å²) in [6.07, 6.45) is 1.83. The van der Waals surface area contributed by atoms with Gasteiger partial charge < -0.3 is 14.7 Å². The molecule has 2 aromatic rings. The Labute approximate surface area is 140 Å². The third-order valence-electron chi connectivity index (χ3n) is 4.49. The van der Waals surface area contributed by atoms with Crippen molar-refractivity contribution in [2.45, 2.75) is 25.5 Å². The summed E-state index contributed by atoms with van der Waals surface area (Å²) in [5.41, 5.74) is 2.24. The number of carbonyl (C=O) groups excluding carboxylic acids is 1. The number of carbonyl (C=O) groups is 1. The topological polar surface area (TPSA) is 62.1 Å². The Morgan fingerprint density at radius 3 is 2.79 bits per heavy atom. The first kappa shape index (κ1) is 14.8. The second-order valence-corrected chi connectivity index (χ2v) is 6.08. The molecule has 4 rings (SSSR count). The standard InChI is InChI=1S/C19H18N2O3/c22-14-9-7-13(8-10-14)12-24-18-17-6-3-11-21(17)19(23)15-4-1-2-5-16(15)20-18/h1-2,4-5,7-10,17,22H,3,6,11-12H2/t17-/m0/s1. The number of fused-ring (bicyclic) bond motifs is 2. The molecule has 1 N–H and O–H groups in total. The molecular weight excluding hydrogens is 304 g/mol. The van der Waals surface area contributed by atoms with E-state index in [4.69, 9.17) is 4.74 Å². The molecule has 0 aliphatic carbocycles. The van der Waals surface area contributed by atoms with E-state index in [1.807, 2.05) is 41.3 Å². The Balaban J connectivity index is 1.64. The summed E-state index contributed by atoms with van der Waals surface area (Å²) in [5, 5.41) is 9.36. The van der Waals surface area contributed by atoms with Crippen molar-refractivity contribution < 1.29 is 14.6 Å². The van der Waals surface area contributed by atoms with Crippen LogP contribution in [-0.4, -0.2) is 34.4 Å². The van der Waals surface area contributed by atoms with Gasteiger partial charge in [-0.05, 0) is 42.7 Å². The predicted molar refractivity (Wildman–Crippen MR) is 90.5 cm³/mol. The van der Waals surface area contributed by atoms with Crippen LogP contribution in [0.15, 0.2) is 53.5 Å². The van der Waals surface area contributed by atoms with Crippen molar-refractivity contribution in [1.29, 1.82) is 0 Å². The van der Waals surface area contributed by atoms with Gasteiger partial charge in [-0.1, -0.05) is 24.3 Å². The van der Waals surface area contributed by atoms with Gasteiger partial charge in [0.1, 0.15) is 18.4 Å².